The van der Waals surface area contributed by atoms with Gasteiger partial charge in [0.25, 0.3) is 0 Å². The van der Waals surface area contributed by atoms with Crippen molar-refractivity contribution in [2.45, 2.75) is 30.7 Å². The molecule has 1 aliphatic rings. The lowest BCUT2D eigenvalue weighted by molar-refractivity contribution is -0.223. The first-order valence-corrected chi connectivity index (χ1v) is 8.50. The summed E-state index contributed by atoms with van der Waals surface area (Å²) >= 11 is 0. The minimum absolute atomic E-state index is 0.0259. The van der Waals surface area contributed by atoms with Crippen molar-refractivity contribution < 1.29 is 27.4 Å². The molecule has 26 heavy (non-hydrogen) atoms. The topological polar surface area (TPSA) is 50.8 Å². The van der Waals surface area contributed by atoms with Gasteiger partial charge in [0.15, 0.2) is 6.10 Å². The summed E-state index contributed by atoms with van der Waals surface area (Å²) in [6.45, 7) is 0.871. The molecule has 2 rings (SSSR count). The Morgan fingerprint density at radius 3 is 2.42 bits per heavy atom. The van der Waals surface area contributed by atoms with Crippen LogP contribution in [0.25, 0.3) is 0 Å². The van der Waals surface area contributed by atoms with E-state index in [1.807, 2.05) is 19.0 Å². The second-order valence-corrected chi connectivity index (χ2v) is 6.65. The van der Waals surface area contributed by atoms with Crippen LogP contribution in [0.5, 0.6) is 0 Å². The van der Waals surface area contributed by atoms with Crippen molar-refractivity contribution in [1.82, 2.24) is 10.2 Å². The van der Waals surface area contributed by atoms with Crippen LogP contribution >= 0.6 is 0 Å². The number of nitrogens with one attached hydrogen (secondary N) is 1. The van der Waals surface area contributed by atoms with Crippen molar-refractivity contribution in [2.24, 2.45) is 0 Å². The maximum Gasteiger partial charge on any atom is 0.418 e. The largest absolute Gasteiger partial charge is 0.418 e. The van der Waals surface area contributed by atoms with Crippen molar-refractivity contribution in [3.8, 4) is 0 Å². The van der Waals surface area contributed by atoms with Gasteiger partial charge in [0.1, 0.15) is 6.61 Å². The van der Waals surface area contributed by atoms with Crippen LogP contribution in [0.15, 0.2) is 30.3 Å². The zero-order valence-electron chi connectivity index (χ0n) is 15.0. The van der Waals surface area contributed by atoms with Crippen LogP contribution in [-0.2, 0) is 14.3 Å². The highest BCUT2D eigenvalue weighted by Crippen LogP contribution is 2.35. The Bertz CT molecular complexity index is 573. The van der Waals surface area contributed by atoms with Crippen LogP contribution in [-0.4, -0.2) is 63.0 Å². The van der Waals surface area contributed by atoms with E-state index in [-0.39, 0.29) is 11.1 Å². The molecule has 1 fully saturated rings. The highest BCUT2D eigenvalue weighted by atomic mass is 19.4. The van der Waals surface area contributed by atoms with Crippen LogP contribution in [0.1, 0.15) is 24.5 Å². The summed E-state index contributed by atoms with van der Waals surface area (Å²) in [5.41, 5.74) is -0.279. The van der Waals surface area contributed by atoms with Crippen molar-refractivity contribution in [3.63, 3.8) is 0 Å². The molecule has 1 heterocycles. The number of nitrogens with zero attached hydrogens (tertiary/aromatic N) is 1. The average Bonchev–Trinajstić information content (AvgIpc) is 2.60. The van der Waals surface area contributed by atoms with E-state index >= 15 is 0 Å². The highest BCUT2D eigenvalue weighted by Gasteiger charge is 2.42. The standard InChI is InChI=1S/C18H25F3N2O3/c1-23(2)17(8-10-25-11-9-17)13-22-15(24)12-26-16(18(19,20)21)14-6-4-3-5-7-14/h3-7,16H,8-13H2,1-2H3,(H,22,24)/t16-/m1/s1. The number of rotatable bonds is 7. The Balaban J connectivity index is 1.92. The molecule has 8 heteroatoms. The Labute approximate surface area is 151 Å². The minimum Gasteiger partial charge on any atom is -0.381 e. The van der Waals surface area contributed by atoms with E-state index in [2.05, 4.69) is 5.32 Å². The maximum absolute atomic E-state index is 13.2. The summed E-state index contributed by atoms with van der Waals surface area (Å²) in [6.07, 6.45) is -5.22. The minimum atomic E-state index is -4.59. The van der Waals surface area contributed by atoms with Crippen molar-refractivity contribution >= 4 is 5.91 Å². The molecule has 5 nitrogen and oxygen atoms in total. The van der Waals surface area contributed by atoms with E-state index in [1.165, 1.54) is 24.3 Å². The zero-order chi connectivity index (χ0) is 19.2. The number of halogens is 3. The van der Waals surface area contributed by atoms with E-state index in [1.54, 1.807) is 6.07 Å². The molecule has 0 saturated carbocycles. The Morgan fingerprint density at radius 1 is 1.27 bits per heavy atom. The van der Waals surface area contributed by atoms with Gasteiger partial charge in [-0.1, -0.05) is 30.3 Å². The molecular formula is C18H25F3N2O3. The number of hydrogen-bond donors (Lipinski definition) is 1. The van der Waals surface area contributed by atoms with Crippen LogP contribution in [0.3, 0.4) is 0 Å². The first-order chi connectivity index (χ1) is 12.2. The number of carbonyl (C=O) groups excluding carboxylic acids is 1. The summed E-state index contributed by atoms with van der Waals surface area (Å²) in [5.74, 6) is -0.567. The van der Waals surface area contributed by atoms with Gasteiger partial charge in [0.2, 0.25) is 5.91 Å². The van der Waals surface area contributed by atoms with Gasteiger partial charge in [-0.3, -0.25) is 4.79 Å². The SMILES string of the molecule is CN(C)C1(CNC(=O)CO[C@H](c2ccccc2)C(F)(F)F)CCOCC1. The molecule has 1 N–H and O–H groups in total. The van der Waals surface area contributed by atoms with Gasteiger partial charge in [-0.15, -0.1) is 0 Å². The third kappa shape index (κ3) is 5.43. The fourth-order valence-electron chi connectivity index (χ4n) is 3.01. The van der Waals surface area contributed by atoms with Crippen LogP contribution in [0, 0.1) is 0 Å². The van der Waals surface area contributed by atoms with E-state index in [0.29, 0.717) is 19.8 Å². The number of likely N-dealkylation sites (N-methyl/N-ethyl adjacent to an activating group) is 1. The quantitative estimate of drug-likeness (QED) is 0.797. The molecule has 0 spiro atoms. The second kappa shape index (κ2) is 8.83. The first kappa shape index (κ1) is 20.7. The van der Waals surface area contributed by atoms with E-state index in [4.69, 9.17) is 9.47 Å². The number of carbonyl (C=O) groups is 1. The number of ether oxygens (including phenoxy) is 2. The molecule has 1 aliphatic heterocycles. The van der Waals surface area contributed by atoms with Crippen LogP contribution < -0.4 is 5.32 Å². The summed E-state index contributed by atoms with van der Waals surface area (Å²) < 4.78 is 49.9. The summed E-state index contributed by atoms with van der Waals surface area (Å²) in [6, 6.07) is 7.30. The molecule has 0 radical (unpaired) electrons. The third-order valence-corrected chi connectivity index (χ3v) is 4.77. The van der Waals surface area contributed by atoms with Crippen LogP contribution in [0.4, 0.5) is 13.2 Å². The van der Waals surface area contributed by atoms with Crippen molar-refractivity contribution in [2.75, 3.05) is 40.5 Å². The van der Waals surface area contributed by atoms with Gasteiger partial charge in [-0.2, -0.15) is 13.2 Å². The van der Waals surface area contributed by atoms with Gasteiger partial charge < -0.3 is 19.7 Å². The highest BCUT2D eigenvalue weighted by molar-refractivity contribution is 5.77. The fraction of sp³-hybridized carbons (Fsp3) is 0.611. The smallest absolute Gasteiger partial charge is 0.381 e. The van der Waals surface area contributed by atoms with E-state index in [9.17, 15) is 18.0 Å². The monoisotopic (exact) mass is 374 g/mol. The molecule has 0 aromatic heterocycles. The number of amides is 1. The molecule has 1 aromatic carbocycles. The molecule has 1 aromatic rings. The molecule has 0 bridgehead atoms. The van der Waals surface area contributed by atoms with Gasteiger partial charge >= 0.3 is 6.18 Å². The number of hydrogen-bond acceptors (Lipinski definition) is 4. The second-order valence-electron chi connectivity index (χ2n) is 6.65. The van der Waals surface area contributed by atoms with E-state index in [0.717, 1.165) is 12.8 Å². The molecular weight excluding hydrogens is 349 g/mol. The van der Waals surface area contributed by atoms with E-state index < -0.39 is 24.8 Å². The normalized spacial score (nSPS) is 18.5. The Hall–Kier alpha value is -1.64. The number of benzene rings is 1. The summed E-state index contributed by atoms with van der Waals surface area (Å²) in [4.78, 5) is 14.1. The van der Waals surface area contributed by atoms with Gasteiger partial charge in [0.05, 0.1) is 0 Å². The Morgan fingerprint density at radius 2 is 1.88 bits per heavy atom. The van der Waals surface area contributed by atoms with Gasteiger partial charge in [0, 0.05) is 25.3 Å². The zero-order valence-corrected chi connectivity index (χ0v) is 15.0. The first-order valence-electron chi connectivity index (χ1n) is 8.50. The van der Waals surface area contributed by atoms with Gasteiger partial charge in [-0.05, 0) is 32.5 Å². The van der Waals surface area contributed by atoms with Gasteiger partial charge in [-0.25, -0.2) is 0 Å². The maximum atomic E-state index is 13.2. The fourth-order valence-corrected chi connectivity index (χ4v) is 3.01. The lowest BCUT2D eigenvalue weighted by Gasteiger charge is -2.42. The molecule has 146 valence electrons. The summed E-state index contributed by atoms with van der Waals surface area (Å²) in [5, 5.41) is 2.70. The molecule has 1 atom stereocenters. The van der Waals surface area contributed by atoms with Crippen molar-refractivity contribution in [3.05, 3.63) is 35.9 Å². The summed E-state index contributed by atoms with van der Waals surface area (Å²) in [7, 11) is 3.84. The predicted octanol–water partition coefficient (Wildman–Crippen LogP) is 2.53. The predicted molar refractivity (Wildman–Crippen MR) is 90.7 cm³/mol. The van der Waals surface area contributed by atoms with Crippen molar-refractivity contribution in [1.29, 1.82) is 0 Å². The lowest BCUT2D eigenvalue weighted by Crippen LogP contribution is -2.56. The molecule has 1 amide bonds. The van der Waals surface area contributed by atoms with Crippen LogP contribution in [0.2, 0.25) is 0 Å². The molecule has 1 saturated heterocycles. The molecule has 0 unspecified atom stereocenters. The Kier molecular flexibility index (Phi) is 7.02. The average molecular weight is 374 g/mol. The lowest BCUT2D eigenvalue weighted by atomic mass is 9.88. The number of alkyl halides is 3. The third-order valence-electron chi connectivity index (χ3n) is 4.77. The molecule has 0 aliphatic carbocycles.